The Kier molecular flexibility index (Phi) is 6.14. The minimum absolute atomic E-state index is 0.475. The Hall–Kier alpha value is -3.39. The van der Waals surface area contributed by atoms with E-state index in [1.165, 1.54) is 6.07 Å². The van der Waals surface area contributed by atoms with Gasteiger partial charge in [0.2, 0.25) is 0 Å². The van der Waals surface area contributed by atoms with Crippen LogP contribution in [0.4, 0.5) is 13.2 Å². The van der Waals surface area contributed by atoms with Gasteiger partial charge in [-0.3, -0.25) is 4.40 Å². The van der Waals surface area contributed by atoms with Crippen LogP contribution in [0.5, 0.6) is 5.75 Å². The average molecular weight is 440 g/mol. The van der Waals surface area contributed by atoms with Crippen molar-refractivity contribution in [3.8, 4) is 28.3 Å². The minimum atomic E-state index is -4.39. The van der Waals surface area contributed by atoms with Crippen LogP contribution in [0.15, 0.2) is 66.9 Å². The molecule has 0 aliphatic rings. The molecule has 4 aromatic rings. The van der Waals surface area contributed by atoms with E-state index in [0.717, 1.165) is 36.4 Å². The Morgan fingerprint density at radius 3 is 2.38 bits per heavy atom. The zero-order valence-corrected chi connectivity index (χ0v) is 17.8. The molecule has 166 valence electrons. The monoisotopic (exact) mass is 440 g/mol. The van der Waals surface area contributed by atoms with E-state index < -0.39 is 11.7 Å². The van der Waals surface area contributed by atoms with E-state index in [2.05, 4.69) is 15.1 Å². The summed E-state index contributed by atoms with van der Waals surface area (Å²) in [6.07, 6.45) is -1.70. The van der Waals surface area contributed by atoms with Gasteiger partial charge in [-0.15, -0.1) is 10.2 Å². The van der Waals surface area contributed by atoms with Crippen molar-refractivity contribution in [3.05, 3.63) is 72.4 Å². The van der Waals surface area contributed by atoms with E-state index in [1.807, 2.05) is 38.4 Å². The molecule has 32 heavy (non-hydrogen) atoms. The van der Waals surface area contributed by atoms with Gasteiger partial charge in [-0.2, -0.15) is 13.2 Å². The van der Waals surface area contributed by atoms with Crippen molar-refractivity contribution in [2.24, 2.45) is 0 Å². The summed E-state index contributed by atoms with van der Waals surface area (Å²) < 4.78 is 46.9. The molecule has 0 N–H and O–H groups in total. The molecule has 0 aliphatic carbocycles. The molecule has 0 saturated carbocycles. The first-order valence-corrected chi connectivity index (χ1v) is 10.2. The van der Waals surface area contributed by atoms with Gasteiger partial charge in [-0.05, 0) is 80.2 Å². The maximum atomic E-state index is 13.1. The predicted octanol–water partition coefficient (Wildman–Crippen LogP) is 5.41. The highest BCUT2D eigenvalue weighted by Gasteiger charge is 2.30. The van der Waals surface area contributed by atoms with Crippen molar-refractivity contribution in [2.45, 2.75) is 12.6 Å². The summed E-state index contributed by atoms with van der Waals surface area (Å²) in [5, 5.41) is 8.45. The fourth-order valence-corrected chi connectivity index (χ4v) is 3.40. The molecule has 0 radical (unpaired) electrons. The topological polar surface area (TPSA) is 42.7 Å². The molecular formula is C24H23F3N4O. The van der Waals surface area contributed by atoms with Gasteiger partial charge in [0.25, 0.3) is 0 Å². The number of ether oxygens (including phenoxy) is 1. The molecule has 2 heterocycles. The fraction of sp³-hybridized carbons (Fsp3) is 0.250. The van der Waals surface area contributed by atoms with Gasteiger partial charge in [-0.1, -0.05) is 12.1 Å². The molecule has 0 bridgehead atoms. The van der Waals surface area contributed by atoms with Crippen LogP contribution in [-0.2, 0) is 6.18 Å². The van der Waals surface area contributed by atoms with Crippen LogP contribution in [0.25, 0.3) is 28.2 Å². The van der Waals surface area contributed by atoms with Crippen LogP contribution in [0.2, 0.25) is 0 Å². The average Bonchev–Trinajstić information content (AvgIpc) is 3.20. The first-order chi connectivity index (χ1) is 15.3. The first-order valence-electron chi connectivity index (χ1n) is 10.2. The third-order valence-electron chi connectivity index (χ3n) is 5.06. The van der Waals surface area contributed by atoms with Gasteiger partial charge in [-0.25, -0.2) is 0 Å². The Morgan fingerprint density at radius 1 is 0.906 bits per heavy atom. The van der Waals surface area contributed by atoms with Gasteiger partial charge in [0.05, 0.1) is 12.2 Å². The lowest BCUT2D eigenvalue weighted by Gasteiger charge is -2.11. The van der Waals surface area contributed by atoms with Gasteiger partial charge in [0, 0.05) is 18.3 Å². The number of nitrogens with zero attached hydrogens (tertiary/aromatic N) is 4. The second-order valence-corrected chi connectivity index (χ2v) is 7.78. The minimum Gasteiger partial charge on any atom is -0.494 e. The van der Waals surface area contributed by atoms with E-state index >= 15 is 0 Å². The molecule has 0 atom stereocenters. The summed E-state index contributed by atoms with van der Waals surface area (Å²) in [5.74, 6) is 1.37. The maximum absolute atomic E-state index is 13.1. The van der Waals surface area contributed by atoms with E-state index in [-0.39, 0.29) is 0 Å². The summed E-state index contributed by atoms with van der Waals surface area (Å²) >= 11 is 0. The first kappa shape index (κ1) is 21.8. The third-order valence-corrected chi connectivity index (χ3v) is 5.06. The van der Waals surface area contributed by atoms with Crippen LogP contribution >= 0.6 is 0 Å². The van der Waals surface area contributed by atoms with E-state index in [9.17, 15) is 13.2 Å². The molecule has 0 fully saturated rings. The fourth-order valence-electron chi connectivity index (χ4n) is 3.40. The molecule has 8 heteroatoms. The molecule has 0 unspecified atom stereocenters. The van der Waals surface area contributed by atoms with Crippen molar-refractivity contribution in [1.29, 1.82) is 0 Å². The Morgan fingerprint density at radius 2 is 1.66 bits per heavy atom. The van der Waals surface area contributed by atoms with E-state index in [0.29, 0.717) is 29.2 Å². The van der Waals surface area contributed by atoms with Gasteiger partial charge >= 0.3 is 6.18 Å². The number of rotatable bonds is 7. The molecule has 2 aromatic carbocycles. The number of aromatic nitrogens is 3. The van der Waals surface area contributed by atoms with Crippen molar-refractivity contribution >= 4 is 5.65 Å². The van der Waals surface area contributed by atoms with Gasteiger partial charge in [0.1, 0.15) is 5.75 Å². The normalized spacial score (nSPS) is 11.9. The van der Waals surface area contributed by atoms with Crippen molar-refractivity contribution in [3.63, 3.8) is 0 Å². The van der Waals surface area contributed by atoms with E-state index in [4.69, 9.17) is 4.74 Å². The third kappa shape index (κ3) is 4.91. The number of benzene rings is 2. The summed E-state index contributed by atoms with van der Waals surface area (Å²) in [6.45, 7) is 1.59. The lowest BCUT2D eigenvalue weighted by molar-refractivity contribution is -0.137. The molecule has 0 amide bonds. The Balaban J connectivity index is 1.58. The number of hydrogen-bond acceptors (Lipinski definition) is 4. The lowest BCUT2D eigenvalue weighted by atomic mass is 10.0. The highest BCUT2D eigenvalue weighted by atomic mass is 19.4. The number of hydrogen-bond donors (Lipinski definition) is 0. The zero-order chi connectivity index (χ0) is 22.7. The Labute approximate surface area is 184 Å². The van der Waals surface area contributed by atoms with Crippen LogP contribution < -0.4 is 4.74 Å². The molecular weight excluding hydrogens is 417 g/mol. The second-order valence-electron chi connectivity index (χ2n) is 7.78. The summed E-state index contributed by atoms with van der Waals surface area (Å²) in [4.78, 5) is 2.11. The van der Waals surface area contributed by atoms with E-state index in [1.54, 1.807) is 28.8 Å². The van der Waals surface area contributed by atoms with Crippen molar-refractivity contribution < 1.29 is 17.9 Å². The number of pyridine rings is 1. The van der Waals surface area contributed by atoms with Crippen LogP contribution in [0.3, 0.4) is 0 Å². The highest BCUT2D eigenvalue weighted by Crippen LogP contribution is 2.32. The number of alkyl halides is 3. The standard InChI is InChI=1S/C24H23F3N4O/c1-30(2)13-4-14-32-21-10-7-17(8-11-21)23-29-28-22-12-9-19(16-31(22)23)18-5-3-6-20(15-18)24(25,26)27/h3,5-12,15-16H,4,13-14H2,1-2H3. The number of halogens is 3. The highest BCUT2D eigenvalue weighted by molar-refractivity contribution is 5.68. The summed E-state index contributed by atoms with van der Waals surface area (Å²) in [5.41, 5.74) is 1.88. The Bertz CT molecular complexity index is 1200. The summed E-state index contributed by atoms with van der Waals surface area (Å²) in [7, 11) is 4.05. The van der Waals surface area contributed by atoms with Crippen molar-refractivity contribution in [1.82, 2.24) is 19.5 Å². The van der Waals surface area contributed by atoms with Crippen molar-refractivity contribution in [2.75, 3.05) is 27.2 Å². The molecule has 0 aliphatic heterocycles. The second kappa shape index (κ2) is 9.00. The largest absolute Gasteiger partial charge is 0.494 e. The van der Waals surface area contributed by atoms with Gasteiger partial charge in [0.15, 0.2) is 11.5 Å². The molecule has 2 aromatic heterocycles. The molecule has 5 nitrogen and oxygen atoms in total. The maximum Gasteiger partial charge on any atom is 0.416 e. The summed E-state index contributed by atoms with van der Waals surface area (Å²) in [6, 6.07) is 16.3. The lowest BCUT2D eigenvalue weighted by Crippen LogP contribution is -2.15. The molecule has 0 saturated heterocycles. The zero-order valence-electron chi connectivity index (χ0n) is 17.8. The SMILES string of the molecule is CN(C)CCCOc1ccc(-c2nnc3ccc(-c4cccc(C(F)(F)F)c4)cn23)cc1. The van der Waals surface area contributed by atoms with Gasteiger partial charge < -0.3 is 9.64 Å². The quantitative estimate of drug-likeness (QED) is 0.360. The van der Waals surface area contributed by atoms with Crippen LogP contribution in [-0.4, -0.2) is 46.7 Å². The number of fused-ring (bicyclic) bond motifs is 1. The smallest absolute Gasteiger partial charge is 0.416 e. The molecule has 0 spiro atoms. The predicted molar refractivity (Wildman–Crippen MR) is 118 cm³/mol. The van der Waals surface area contributed by atoms with Crippen LogP contribution in [0.1, 0.15) is 12.0 Å². The van der Waals surface area contributed by atoms with Crippen LogP contribution in [0, 0.1) is 0 Å². The molecule has 4 rings (SSSR count).